The number of amides is 1. The van der Waals surface area contributed by atoms with Crippen LogP contribution in [-0.2, 0) is 30.7 Å². The van der Waals surface area contributed by atoms with E-state index < -0.39 is 28.3 Å². The van der Waals surface area contributed by atoms with Crippen LogP contribution >= 0.6 is 0 Å². The highest BCUT2D eigenvalue weighted by Gasteiger charge is 2.21. The van der Waals surface area contributed by atoms with Crippen LogP contribution in [0.2, 0.25) is 0 Å². The number of hydrogen-bond acceptors (Lipinski definition) is 6. The Balaban J connectivity index is 2.06. The summed E-state index contributed by atoms with van der Waals surface area (Å²) in [5, 5.41) is 0. The van der Waals surface area contributed by atoms with Crippen LogP contribution in [0.3, 0.4) is 0 Å². The predicted octanol–water partition coefficient (Wildman–Crippen LogP) is 1.92. The number of ether oxygens (including phenoxy) is 2. The lowest BCUT2D eigenvalue weighted by molar-refractivity contribution is -0.135. The Morgan fingerprint density at radius 2 is 1.64 bits per heavy atom. The minimum Gasteiger partial charge on any atom is -0.452 e. The molecule has 0 aliphatic carbocycles. The smallest absolute Gasteiger partial charge is 0.339 e. The van der Waals surface area contributed by atoms with Gasteiger partial charge < -0.3 is 14.4 Å². The molecule has 0 saturated heterocycles. The average molecular weight is 405 g/mol. The third-order valence-corrected chi connectivity index (χ3v) is 5.12. The van der Waals surface area contributed by atoms with E-state index in [-0.39, 0.29) is 10.5 Å². The van der Waals surface area contributed by atoms with Gasteiger partial charge >= 0.3 is 5.97 Å². The summed E-state index contributed by atoms with van der Waals surface area (Å²) in [7, 11) is -2.06. The maximum atomic E-state index is 12.5. The fourth-order valence-corrected chi connectivity index (χ4v) is 3.43. The molecule has 2 aromatic rings. The summed E-state index contributed by atoms with van der Waals surface area (Å²) in [6.07, 6.45) is 1.01. The van der Waals surface area contributed by atoms with Crippen molar-refractivity contribution in [2.45, 2.75) is 11.4 Å². The molecule has 28 heavy (non-hydrogen) atoms. The third kappa shape index (κ3) is 6.17. The van der Waals surface area contributed by atoms with Gasteiger partial charge in [-0.1, -0.05) is 42.5 Å². The van der Waals surface area contributed by atoms with Gasteiger partial charge in [0.2, 0.25) is 0 Å². The Morgan fingerprint density at radius 1 is 1.00 bits per heavy atom. The SMILES string of the molecule is COCCN(Cc1ccccc1)C(=O)COC(=O)c1ccccc1S(C)(=O)=O. The molecule has 2 rings (SSSR count). The summed E-state index contributed by atoms with van der Waals surface area (Å²) in [5.41, 5.74) is 0.838. The molecule has 0 atom stereocenters. The molecule has 0 saturated carbocycles. The average Bonchev–Trinajstić information content (AvgIpc) is 2.69. The number of sulfone groups is 1. The van der Waals surface area contributed by atoms with Crippen molar-refractivity contribution in [1.29, 1.82) is 0 Å². The van der Waals surface area contributed by atoms with Crippen molar-refractivity contribution in [3.8, 4) is 0 Å². The first-order valence-electron chi connectivity index (χ1n) is 8.59. The number of benzene rings is 2. The van der Waals surface area contributed by atoms with E-state index >= 15 is 0 Å². The second-order valence-corrected chi connectivity index (χ2v) is 8.12. The van der Waals surface area contributed by atoms with Gasteiger partial charge in [-0.2, -0.15) is 0 Å². The van der Waals surface area contributed by atoms with Crippen molar-refractivity contribution in [3.05, 3.63) is 65.7 Å². The number of hydrogen-bond donors (Lipinski definition) is 0. The van der Waals surface area contributed by atoms with Crippen LogP contribution in [0.15, 0.2) is 59.5 Å². The quantitative estimate of drug-likeness (QED) is 0.592. The minimum absolute atomic E-state index is 0.0932. The normalized spacial score (nSPS) is 11.1. The molecule has 0 radical (unpaired) electrons. The van der Waals surface area contributed by atoms with Crippen LogP contribution in [0.5, 0.6) is 0 Å². The first kappa shape index (κ1) is 21.6. The summed E-state index contributed by atoms with van der Waals surface area (Å²) in [6, 6.07) is 15.1. The first-order valence-corrected chi connectivity index (χ1v) is 10.5. The van der Waals surface area contributed by atoms with Crippen molar-refractivity contribution < 1.29 is 27.5 Å². The van der Waals surface area contributed by atoms with Crippen molar-refractivity contribution in [2.75, 3.05) is 33.1 Å². The second-order valence-electron chi connectivity index (χ2n) is 6.14. The molecule has 0 fully saturated rings. The molecule has 0 bridgehead atoms. The van der Waals surface area contributed by atoms with Crippen molar-refractivity contribution >= 4 is 21.7 Å². The van der Waals surface area contributed by atoms with E-state index in [4.69, 9.17) is 9.47 Å². The molecular formula is C20H23NO6S. The largest absolute Gasteiger partial charge is 0.452 e. The molecule has 0 spiro atoms. The number of carbonyl (C=O) groups is 2. The van der Waals surface area contributed by atoms with Gasteiger partial charge in [-0.05, 0) is 17.7 Å². The van der Waals surface area contributed by atoms with E-state index in [0.717, 1.165) is 11.8 Å². The van der Waals surface area contributed by atoms with Gasteiger partial charge in [0.1, 0.15) is 0 Å². The van der Waals surface area contributed by atoms with Crippen molar-refractivity contribution in [3.63, 3.8) is 0 Å². The zero-order valence-electron chi connectivity index (χ0n) is 15.8. The molecule has 7 nitrogen and oxygen atoms in total. The van der Waals surface area contributed by atoms with Gasteiger partial charge in [-0.15, -0.1) is 0 Å². The zero-order valence-corrected chi connectivity index (χ0v) is 16.6. The lowest BCUT2D eigenvalue weighted by Crippen LogP contribution is -2.36. The van der Waals surface area contributed by atoms with Gasteiger partial charge in [-0.25, -0.2) is 13.2 Å². The first-order chi connectivity index (χ1) is 13.3. The van der Waals surface area contributed by atoms with Gasteiger partial charge in [0.25, 0.3) is 5.91 Å². The highest BCUT2D eigenvalue weighted by atomic mass is 32.2. The van der Waals surface area contributed by atoms with E-state index in [1.54, 1.807) is 0 Å². The lowest BCUT2D eigenvalue weighted by atomic mass is 10.2. The third-order valence-electron chi connectivity index (χ3n) is 3.97. The molecule has 0 aliphatic rings. The molecule has 0 N–H and O–H groups in total. The Bertz CT molecular complexity index is 911. The summed E-state index contributed by atoms with van der Waals surface area (Å²) in [6.45, 7) is 0.527. The van der Waals surface area contributed by atoms with E-state index in [1.165, 1.54) is 36.3 Å². The van der Waals surface area contributed by atoms with Crippen LogP contribution in [0, 0.1) is 0 Å². The number of rotatable bonds is 9. The summed E-state index contributed by atoms with van der Waals surface area (Å²) in [5.74, 6) is -1.26. The maximum absolute atomic E-state index is 12.5. The number of nitrogens with zero attached hydrogens (tertiary/aromatic N) is 1. The second kappa shape index (κ2) is 10.0. The summed E-state index contributed by atoms with van der Waals surface area (Å²) >= 11 is 0. The summed E-state index contributed by atoms with van der Waals surface area (Å²) in [4.78, 5) is 26.3. The molecule has 0 aromatic heterocycles. The number of esters is 1. The van der Waals surface area contributed by atoms with E-state index in [1.807, 2.05) is 30.3 Å². The van der Waals surface area contributed by atoms with E-state index in [9.17, 15) is 18.0 Å². The molecule has 1 amide bonds. The van der Waals surface area contributed by atoms with Gasteiger partial charge in [0.15, 0.2) is 16.4 Å². The van der Waals surface area contributed by atoms with Crippen LogP contribution in [0.1, 0.15) is 15.9 Å². The number of methoxy groups -OCH3 is 1. The van der Waals surface area contributed by atoms with Gasteiger partial charge in [0, 0.05) is 26.5 Å². The minimum atomic E-state index is -3.60. The zero-order chi connectivity index (χ0) is 20.6. The van der Waals surface area contributed by atoms with Crippen LogP contribution in [0.25, 0.3) is 0 Å². The molecule has 8 heteroatoms. The fourth-order valence-electron chi connectivity index (χ4n) is 2.55. The van der Waals surface area contributed by atoms with Crippen LogP contribution in [-0.4, -0.2) is 58.3 Å². The molecule has 2 aromatic carbocycles. The molecular weight excluding hydrogens is 382 g/mol. The highest BCUT2D eigenvalue weighted by molar-refractivity contribution is 7.90. The van der Waals surface area contributed by atoms with Crippen LogP contribution < -0.4 is 0 Å². The molecule has 150 valence electrons. The molecule has 0 aliphatic heterocycles. The standard InChI is InChI=1S/C20H23NO6S/c1-26-13-12-21(14-16-8-4-3-5-9-16)19(22)15-27-20(23)17-10-6-7-11-18(17)28(2,24)25/h3-11H,12-15H2,1-2H3. The Hall–Kier alpha value is -2.71. The summed E-state index contributed by atoms with van der Waals surface area (Å²) < 4.78 is 33.8. The Morgan fingerprint density at radius 3 is 2.29 bits per heavy atom. The van der Waals surface area contributed by atoms with Gasteiger partial charge in [0.05, 0.1) is 17.1 Å². The topological polar surface area (TPSA) is 90.0 Å². The number of carbonyl (C=O) groups excluding carboxylic acids is 2. The van der Waals surface area contributed by atoms with Gasteiger partial charge in [-0.3, -0.25) is 4.79 Å². The van der Waals surface area contributed by atoms with E-state index in [0.29, 0.717) is 19.7 Å². The Labute approximate surface area is 164 Å². The van der Waals surface area contributed by atoms with Crippen molar-refractivity contribution in [1.82, 2.24) is 4.90 Å². The highest BCUT2D eigenvalue weighted by Crippen LogP contribution is 2.16. The Kier molecular flexibility index (Phi) is 7.71. The van der Waals surface area contributed by atoms with E-state index in [2.05, 4.69) is 0 Å². The van der Waals surface area contributed by atoms with Crippen LogP contribution in [0.4, 0.5) is 0 Å². The lowest BCUT2D eigenvalue weighted by Gasteiger charge is -2.22. The monoisotopic (exact) mass is 405 g/mol. The predicted molar refractivity (Wildman–Crippen MR) is 104 cm³/mol. The maximum Gasteiger partial charge on any atom is 0.339 e. The fraction of sp³-hybridized carbons (Fsp3) is 0.300. The van der Waals surface area contributed by atoms with Crippen molar-refractivity contribution in [2.24, 2.45) is 0 Å². The molecule has 0 heterocycles. The molecule has 0 unspecified atom stereocenters.